The van der Waals surface area contributed by atoms with Gasteiger partial charge in [0.25, 0.3) is 5.91 Å². The lowest BCUT2D eigenvalue weighted by molar-refractivity contribution is 0.101. The van der Waals surface area contributed by atoms with Crippen molar-refractivity contribution in [3.8, 4) is 0 Å². The number of piperidine rings is 1. The molecule has 1 aliphatic heterocycles. The maximum absolute atomic E-state index is 13.9. The number of aryl methyl sites for hydroxylation is 1. The Balaban J connectivity index is 1.60. The van der Waals surface area contributed by atoms with Crippen LogP contribution >= 0.6 is 0 Å². The van der Waals surface area contributed by atoms with Crippen LogP contribution in [-0.2, 0) is 0 Å². The van der Waals surface area contributed by atoms with E-state index in [1.807, 2.05) is 13.0 Å². The third-order valence-electron chi connectivity index (χ3n) is 5.56. The van der Waals surface area contributed by atoms with Gasteiger partial charge in [-0.25, -0.2) is 13.8 Å². The van der Waals surface area contributed by atoms with Gasteiger partial charge in [-0.15, -0.1) is 0 Å². The maximum Gasteiger partial charge on any atom is 0.261 e. The van der Waals surface area contributed by atoms with Crippen LogP contribution in [0.3, 0.4) is 0 Å². The molecule has 1 saturated heterocycles. The van der Waals surface area contributed by atoms with E-state index in [1.54, 1.807) is 12.1 Å². The highest BCUT2D eigenvalue weighted by atomic mass is 19.1. The molecule has 0 atom stereocenters. The zero-order valence-electron chi connectivity index (χ0n) is 16.5. The highest BCUT2D eigenvalue weighted by molar-refractivity contribution is 6.05. The van der Waals surface area contributed by atoms with E-state index in [4.69, 9.17) is 4.98 Å². The fourth-order valence-corrected chi connectivity index (χ4v) is 3.76. The highest BCUT2D eigenvalue weighted by Gasteiger charge is 2.19. The van der Waals surface area contributed by atoms with E-state index in [2.05, 4.69) is 23.2 Å². The molecule has 0 spiro atoms. The summed E-state index contributed by atoms with van der Waals surface area (Å²) in [5.41, 5.74) is 1.75. The Morgan fingerprint density at radius 3 is 2.48 bits per heavy atom. The number of fused-ring (bicyclic) bond motifs is 1. The van der Waals surface area contributed by atoms with Crippen molar-refractivity contribution >= 4 is 28.3 Å². The number of carbonyl (C=O) groups is 1. The molecule has 0 radical (unpaired) electrons. The lowest BCUT2D eigenvalue weighted by atomic mass is 9.99. The lowest BCUT2D eigenvalue weighted by Crippen LogP contribution is -2.33. The van der Waals surface area contributed by atoms with E-state index in [9.17, 15) is 13.6 Å². The van der Waals surface area contributed by atoms with Crippen LogP contribution in [-0.4, -0.2) is 24.0 Å². The first-order valence-electron chi connectivity index (χ1n) is 9.84. The van der Waals surface area contributed by atoms with Crippen LogP contribution in [0.2, 0.25) is 0 Å². The number of halogens is 2. The summed E-state index contributed by atoms with van der Waals surface area (Å²) in [7, 11) is 0. The van der Waals surface area contributed by atoms with Crippen molar-refractivity contribution in [1.82, 2.24) is 4.98 Å². The van der Waals surface area contributed by atoms with Crippen LogP contribution in [0.1, 0.15) is 35.7 Å². The average molecular weight is 395 g/mol. The molecule has 3 aromatic rings. The molecule has 6 heteroatoms. The Morgan fingerprint density at radius 1 is 1.10 bits per heavy atom. The first-order valence-corrected chi connectivity index (χ1v) is 9.84. The zero-order valence-corrected chi connectivity index (χ0v) is 16.5. The molecule has 1 aromatic heterocycles. The molecule has 0 bridgehead atoms. The summed E-state index contributed by atoms with van der Waals surface area (Å²) in [5.74, 6) is -0.877. The van der Waals surface area contributed by atoms with Crippen LogP contribution in [0.25, 0.3) is 10.9 Å². The Morgan fingerprint density at radius 2 is 1.79 bits per heavy atom. The SMILES string of the molecule is Cc1cc(N2CCC(C)CC2)nc2ccc(NC(=O)c3c(F)cccc3F)cc12. The minimum atomic E-state index is -0.887. The molecule has 29 heavy (non-hydrogen) atoms. The van der Waals surface area contributed by atoms with Crippen molar-refractivity contribution in [3.05, 3.63) is 65.2 Å². The summed E-state index contributed by atoms with van der Waals surface area (Å²) in [6, 6.07) is 10.7. The summed E-state index contributed by atoms with van der Waals surface area (Å²) in [5, 5.41) is 3.48. The third-order valence-corrected chi connectivity index (χ3v) is 5.56. The molecule has 1 fully saturated rings. The number of benzene rings is 2. The largest absolute Gasteiger partial charge is 0.357 e. The van der Waals surface area contributed by atoms with E-state index in [0.29, 0.717) is 5.69 Å². The second-order valence-corrected chi connectivity index (χ2v) is 7.75. The molecule has 0 aliphatic carbocycles. The number of amides is 1. The van der Waals surface area contributed by atoms with Crippen LogP contribution in [0.5, 0.6) is 0 Å². The minimum absolute atomic E-state index is 0.467. The van der Waals surface area contributed by atoms with Gasteiger partial charge >= 0.3 is 0 Å². The van der Waals surface area contributed by atoms with Crippen molar-refractivity contribution in [2.24, 2.45) is 5.92 Å². The Hall–Kier alpha value is -3.02. The number of carbonyl (C=O) groups excluding carboxylic acids is 1. The van der Waals surface area contributed by atoms with Gasteiger partial charge in [0.15, 0.2) is 0 Å². The van der Waals surface area contributed by atoms with Gasteiger partial charge in [-0.3, -0.25) is 4.79 Å². The quantitative estimate of drug-likeness (QED) is 0.654. The topological polar surface area (TPSA) is 45.2 Å². The van der Waals surface area contributed by atoms with Crippen LogP contribution in [0.4, 0.5) is 20.3 Å². The second-order valence-electron chi connectivity index (χ2n) is 7.75. The average Bonchev–Trinajstić information content (AvgIpc) is 2.69. The smallest absolute Gasteiger partial charge is 0.261 e. The molecular weight excluding hydrogens is 372 g/mol. The molecule has 1 N–H and O–H groups in total. The van der Waals surface area contributed by atoms with Gasteiger partial charge in [0.05, 0.1) is 5.52 Å². The van der Waals surface area contributed by atoms with Gasteiger partial charge in [0, 0.05) is 24.2 Å². The number of anilines is 2. The van der Waals surface area contributed by atoms with Gasteiger partial charge in [-0.2, -0.15) is 0 Å². The third kappa shape index (κ3) is 3.92. The Bertz CT molecular complexity index is 1050. The van der Waals surface area contributed by atoms with Crippen molar-refractivity contribution in [1.29, 1.82) is 0 Å². The summed E-state index contributed by atoms with van der Waals surface area (Å²) in [6.07, 6.45) is 2.33. The first-order chi connectivity index (χ1) is 13.9. The van der Waals surface area contributed by atoms with Crippen LogP contribution < -0.4 is 10.2 Å². The summed E-state index contributed by atoms with van der Waals surface area (Å²) in [4.78, 5) is 19.4. The number of pyridine rings is 1. The van der Waals surface area contributed by atoms with Crippen molar-refractivity contribution in [2.45, 2.75) is 26.7 Å². The van der Waals surface area contributed by atoms with E-state index in [-0.39, 0.29) is 0 Å². The van der Waals surface area contributed by atoms with Gasteiger partial charge in [-0.1, -0.05) is 13.0 Å². The van der Waals surface area contributed by atoms with Crippen LogP contribution in [0.15, 0.2) is 42.5 Å². The van der Waals surface area contributed by atoms with Gasteiger partial charge in [0.1, 0.15) is 23.0 Å². The summed E-state index contributed by atoms with van der Waals surface area (Å²) >= 11 is 0. The fourth-order valence-electron chi connectivity index (χ4n) is 3.76. The van der Waals surface area contributed by atoms with E-state index < -0.39 is 23.1 Å². The van der Waals surface area contributed by atoms with Crippen LogP contribution in [0, 0.1) is 24.5 Å². The summed E-state index contributed by atoms with van der Waals surface area (Å²) in [6.45, 7) is 6.28. The normalized spacial score (nSPS) is 15.0. The van der Waals surface area contributed by atoms with Gasteiger partial charge < -0.3 is 10.2 Å². The number of aromatic nitrogens is 1. The molecule has 0 saturated carbocycles. The highest BCUT2D eigenvalue weighted by Crippen LogP contribution is 2.28. The molecular formula is C23H23F2N3O. The standard InChI is InChI=1S/C23H23F2N3O/c1-14-8-10-28(11-9-14)21-12-15(2)17-13-16(6-7-20(17)27-21)26-23(29)22-18(24)4-3-5-19(22)25/h3-7,12-14H,8-11H2,1-2H3,(H,26,29). The lowest BCUT2D eigenvalue weighted by Gasteiger charge is -2.31. The van der Waals surface area contributed by atoms with E-state index in [1.165, 1.54) is 6.07 Å². The van der Waals surface area contributed by atoms with Crippen molar-refractivity contribution in [2.75, 3.05) is 23.3 Å². The van der Waals surface area contributed by atoms with E-state index in [0.717, 1.165) is 66.3 Å². The number of nitrogens with zero attached hydrogens (tertiary/aromatic N) is 2. The Kier molecular flexibility index (Phi) is 5.18. The van der Waals surface area contributed by atoms with Crippen molar-refractivity contribution < 1.29 is 13.6 Å². The Labute approximate surface area is 168 Å². The van der Waals surface area contributed by atoms with Gasteiger partial charge in [0.2, 0.25) is 0 Å². The maximum atomic E-state index is 13.9. The molecule has 2 aromatic carbocycles. The predicted octanol–water partition coefficient (Wildman–Crippen LogP) is 5.31. The van der Waals surface area contributed by atoms with E-state index >= 15 is 0 Å². The molecule has 4 nitrogen and oxygen atoms in total. The molecule has 1 aliphatic rings. The second kappa shape index (κ2) is 7.78. The fraction of sp³-hybridized carbons (Fsp3) is 0.304. The van der Waals surface area contributed by atoms with Gasteiger partial charge in [-0.05, 0) is 67.6 Å². The minimum Gasteiger partial charge on any atom is -0.357 e. The predicted molar refractivity (Wildman–Crippen MR) is 111 cm³/mol. The molecule has 2 heterocycles. The molecule has 150 valence electrons. The number of hydrogen-bond donors (Lipinski definition) is 1. The zero-order chi connectivity index (χ0) is 20.5. The molecule has 1 amide bonds. The molecule has 0 unspecified atom stereocenters. The number of hydrogen-bond acceptors (Lipinski definition) is 3. The number of nitrogens with one attached hydrogen (secondary N) is 1. The van der Waals surface area contributed by atoms with Crippen molar-refractivity contribution in [3.63, 3.8) is 0 Å². The molecule has 4 rings (SSSR count). The monoisotopic (exact) mass is 395 g/mol. The summed E-state index contributed by atoms with van der Waals surface area (Å²) < 4.78 is 27.7. The first kappa shape index (κ1) is 19.3. The number of rotatable bonds is 3.